The minimum Gasteiger partial charge on any atom is -0.360 e. The van der Waals surface area contributed by atoms with Crippen LogP contribution in [0.25, 0.3) is 0 Å². The molecule has 1 fully saturated rings. The molecule has 144 valence electrons. The second-order valence-corrected chi connectivity index (χ2v) is 7.65. The van der Waals surface area contributed by atoms with Crippen molar-refractivity contribution < 1.29 is 13.8 Å². The molecule has 0 unspecified atom stereocenters. The second-order valence-electron chi connectivity index (χ2n) is 7.65. The summed E-state index contributed by atoms with van der Waals surface area (Å²) < 4.78 is 10.9. The Balaban J connectivity index is 1.46. The van der Waals surface area contributed by atoms with E-state index in [4.69, 9.17) is 9.05 Å². The number of benzene rings is 1. The first kappa shape index (κ1) is 17.2. The average molecular weight is 378 g/mol. The standard InChI is InChI=1S/C21H22N4O3/c1-13-22-20(28-23-13)17-12-25(11-16(17)14-7-3-2-4-8-14)21(26)19-15-9-5-6-10-18(15)27-24-19/h2-4,7-8,16-17H,5-6,9-12H2,1H3/t16-,17-/m1/s1. The predicted octanol–water partition coefficient (Wildman–Crippen LogP) is 3.27. The monoisotopic (exact) mass is 378 g/mol. The summed E-state index contributed by atoms with van der Waals surface area (Å²) in [5.74, 6) is 2.08. The van der Waals surface area contributed by atoms with Crippen molar-refractivity contribution in [2.75, 3.05) is 13.1 Å². The van der Waals surface area contributed by atoms with Crippen LogP contribution in [0.3, 0.4) is 0 Å². The third kappa shape index (κ3) is 2.91. The zero-order valence-corrected chi connectivity index (χ0v) is 15.8. The smallest absolute Gasteiger partial charge is 0.276 e. The van der Waals surface area contributed by atoms with Crippen molar-refractivity contribution in [1.29, 1.82) is 0 Å². The Morgan fingerprint density at radius 2 is 1.82 bits per heavy atom. The Morgan fingerprint density at radius 3 is 2.61 bits per heavy atom. The number of rotatable bonds is 3. The van der Waals surface area contributed by atoms with Gasteiger partial charge in [0.05, 0.1) is 5.92 Å². The van der Waals surface area contributed by atoms with Crippen molar-refractivity contribution in [2.45, 2.75) is 44.4 Å². The van der Waals surface area contributed by atoms with Crippen LogP contribution in [-0.2, 0) is 12.8 Å². The van der Waals surface area contributed by atoms with Gasteiger partial charge in [0, 0.05) is 31.0 Å². The van der Waals surface area contributed by atoms with Gasteiger partial charge in [-0.25, -0.2) is 0 Å². The lowest BCUT2D eigenvalue weighted by atomic mass is 9.89. The molecule has 1 amide bonds. The largest absolute Gasteiger partial charge is 0.360 e. The molecule has 0 saturated carbocycles. The highest BCUT2D eigenvalue weighted by Gasteiger charge is 2.41. The Morgan fingerprint density at radius 1 is 1.04 bits per heavy atom. The van der Waals surface area contributed by atoms with Gasteiger partial charge in [0.1, 0.15) is 5.76 Å². The molecule has 28 heavy (non-hydrogen) atoms. The van der Waals surface area contributed by atoms with Crippen molar-refractivity contribution in [3.63, 3.8) is 0 Å². The Bertz CT molecular complexity index is 994. The number of fused-ring (bicyclic) bond motifs is 1. The zero-order chi connectivity index (χ0) is 19.1. The maximum absolute atomic E-state index is 13.3. The molecule has 1 saturated heterocycles. The van der Waals surface area contributed by atoms with Crippen LogP contribution in [0.2, 0.25) is 0 Å². The number of amides is 1. The van der Waals surface area contributed by atoms with Crippen molar-refractivity contribution in [2.24, 2.45) is 0 Å². The van der Waals surface area contributed by atoms with Gasteiger partial charge in [-0.2, -0.15) is 4.98 Å². The van der Waals surface area contributed by atoms with Crippen molar-refractivity contribution in [3.8, 4) is 0 Å². The van der Waals surface area contributed by atoms with Crippen LogP contribution >= 0.6 is 0 Å². The van der Waals surface area contributed by atoms with Gasteiger partial charge < -0.3 is 13.9 Å². The van der Waals surface area contributed by atoms with Crippen molar-refractivity contribution in [1.82, 2.24) is 20.2 Å². The second kappa shape index (κ2) is 6.89. The molecular weight excluding hydrogens is 356 g/mol. The molecule has 1 aliphatic heterocycles. The molecule has 1 aliphatic carbocycles. The normalized spacial score (nSPS) is 21.7. The number of nitrogens with zero attached hydrogens (tertiary/aromatic N) is 4. The molecule has 7 heteroatoms. The number of aromatic nitrogens is 3. The van der Waals surface area contributed by atoms with E-state index in [9.17, 15) is 4.79 Å². The van der Waals surface area contributed by atoms with E-state index in [2.05, 4.69) is 27.4 Å². The van der Waals surface area contributed by atoms with Crippen LogP contribution < -0.4 is 0 Å². The summed E-state index contributed by atoms with van der Waals surface area (Å²) in [5, 5.41) is 8.07. The first-order chi connectivity index (χ1) is 13.7. The lowest BCUT2D eigenvalue weighted by Crippen LogP contribution is -2.30. The average Bonchev–Trinajstić information content (AvgIpc) is 3.46. The van der Waals surface area contributed by atoms with Gasteiger partial charge >= 0.3 is 0 Å². The summed E-state index contributed by atoms with van der Waals surface area (Å²) in [5.41, 5.74) is 2.63. The van der Waals surface area contributed by atoms with Crippen LogP contribution in [0.4, 0.5) is 0 Å². The van der Waals surface area contributed by atoms with Gasteiger partial charge in [-0.05, 0) is 31.7 Å². The molecule has 1 aromatic carbocycles. The lowest BCUT2D eigenvalue weighted by molar-refractivity contribution is 0.0777. The highest BCUT2D eigenvalue weighted by Crippen LogP contribution is 2.40. The molecule has 2 atom stereocenters. The molecule has 5 rings (SSSR count). The number of hydrogen-bond donors (Lipinski definition) is 0. The zero-order valence-electron chi connectivity index (χ0n) is 15.8. The summed E-state index contributed by atoms with van der Waals surface area (Å²) in [6.45, 7) is 2.93. The molecule has 7 nitrogen and oxygen atoms in total. The molecule has 3 aromatic rings. The molecule has 2 aromatic heterocycles. The number of aryl methyl sites for hydroxylation is 2. The minimum absolute atomic E-state index is 0.0322. The van der Waals surface area contributed by atoms with Crippen LogP contribution in [-0.4, -0.2) is 39.2 Å². The van der Waals surface area contributed by atoms with E-state index < -0.39 is 0 Å². The SMILES string of the molecule is Cc1noc([C@@H]2CN(C(=O)c3noc4c3CCCC4)C[C@@H]2c2ccccc2)n1. The van der Waals surface area contributed by atoms with Crippen LogP contribution in [0.1, 0.15) is 63.8 Å². The maximum Gasteiger partial charge on any atom is 0.276 e. The predicted molar refractivity (Wildman–Crippen MR) is 100 cm³/mol. The van der Waals surface area contributed by atoms with Crippen molar-refractivity contribution >= 4 is 5.91 Å². The minimum atomic E-state index is -0.0634. The molecule has 0 radical (unpaired) electrons. The highest BCUT2D eigenvalue weighted by molar-refractivity contribution is 5.94. The van der Waals surface area contributed by atoms with Gasteiger partial charge in [0.2, 0.25) is 5.89 Å². The number of carbonyl (C=O) groups excluding carboxylic acids is 1. The molecule has 3 heterocycles. The Hall–Kier alpha value is -2.96. The topological polar surface area (TPSA) is 85.3 Å². The molecular formula is C21H22N4O3. The van der Waals surface area contributed by atoms with Gasteiger partial charge in [0.25, 0.3) is 5.91 Å². The number of likely N-dealkylation sites (tertiary alicyclic amines) is 1. The summed E-state index contributed by atoms with van der Waals surface area (Å²) >= 11 is 0. The molecule has 2 aliphatic rings. The van der Waals surface area contributed by atoms with Crippen LogP contribution in [0.15, 0.2) is 39.4 Å². The Kier molecular flexibility index (Phi) is 4.22. The quantitative estimate of drug-likeness (QED) is 0.695. The summed E-state index contributed by atoms with van der Waals surface area (Å²) in [4.78, 5) is 19.6. The van der Waals surface area contributed by atoms with Gasteiger partial charge in [0.15, 0.2) is 11.5 Å². The maximum atomic E-state index is 13.3. The van der Waals surface area contributed by atoms with Gasteiger partial charge in [-0.1, -0.05) is 40.6 Å². The first-order valence-electron chi connectivity index (χ1n) is 9.82. The van der Waals surface area contributed by atoms with E-state index in [-0.39, 0.29) is 17.7 Å². The van der Waals surface area contributed by atoms with Crippen molar-refractivity contribution in [3.05, 3.63) is 64.6 Å². The van der Waals surface area contributed by atoms with Gasteiger partial charge in [-0.3, -0.25) is 4.79 Å². The van der Waals surface area contributed by atoms with E-state index >= 15 is 0 Å². The van der Waals surface area contributed by atoms with Gasteiger partial charge in [-0.15, -0.1) is 0 Å². The molecule has 0 N–H and O–H groups in total. The van der Waals surface area contributed by atoms with E-state index in [0.29, 0.717) is 30.5 Å². The summed E-state index contributed by atoms with van der Waals surface area (Å²) in [6, 6.07) is 10.2. The van der Waals surface area contributed by atoms with Crippen LogP contribution in [0, 0.1) is 6.92 Å². The third-order valence-corrected chi connectivity index (χ3v) is 5.85. The fraction of sp³-hybridized carbons (Fsp3) is 0.429. The first-order valence-corrected chi connectivity index (χ1v) is 9.82. The third-order valence-electron chi connectivity index (χ3n) is 5.85. The fourth-order valence-electron chi connectivity index (χ4n) is 4.42. The fourth-order valence-corrected chi connectivity index (χ4v) is 4.42. The Labute approximate surface area is 162 Å². The molecule has 0 spiro atoms. The van der Waals surface area contributed by atoms with E-state index in [0.717, 1.165) is 37.0 Å². The molecule has 0 bridgehead atoms. The number of hydrogen-bond acceptors (Lipinski definition) is 6. The highest BCUT2D eigenvalue weighted by atomic mass is 16.5. The number of carbonyl (C=O) groups is 1. The van der Waals surface area contributed by atoms with E-state index in [1.807, 2.05) is 30.0 Å². The summed E-state index contributed by atoms with van der Waals surface area (Å²) in [6.07, 6.45) is 3.90. The van der Waals surface area contributed by atoms with E-state index in [1.54, 1.807) is 0 Å². The lowest BCUT2D eigenvalue weighted by Gasteiger charge is -2.16. The summed E-state index contributed by atoms with van der Waals surface area (Å²) in [7, 11) is 0. The van der Waals surface area contributed by atoms with E-state index in [1.165, 1.54) is 5.56 Å². The van der Waals surface area contributed by atoms with Crippen LogP contribution in [0.5, 0.6) is 0 Å².